The lowest BCUT2D eigenvalue weighted by Crippen LogP contribution is -2.75. The van der Waals surface area contributed by atoms with Crippen LogP contribution in [0.15, 0.2) is 34.9 Å². The van der Waals surface area contributed by atoms with Gasteiger partial charge in [0.2, 0.25) is 0 Å². The second-order valence-corrected chi connectivity index (χ2v) is 27.5. The summed E-state index contributed by atoms with van der Waals surface area (Å²) in [5, 5.41) is 157. The predicted molar refractivity (Wildman–Crippen MR) is 299 cm³/mol. The van der Waals surface area contributed by atoms with E-state index in [4.69, 9.17) is 47.4 Å². The van der Waals surface area contributed by atoms with Crippen LogP contribution in [0.25, 0.3) is 0 Å². The Hall–Kier alpha value is -3.21. The van der Waals surface area contributed by atoms with Gasteiger partial charge in [0.05, 0.1) is 50.2 Å². The Morgan fingerprint density at radius 1 is 0.625 bits per heavy atom. The lowest BCUT2D eigenvalue weighted by atomic mass is 9.32. The Balaban J connectivity index is 1.05. The molecule has 4 heterocycles. The highest BCUT2D eigenvalue weighted by Gasteiger charge is 2.76. The Morgan fingerprint density at radius 3 is 1.83 bits per heavy atom. The number of esters is 2. The molecule has 8 fully saturated rings. The van der Waals surface area contributed by atoms with E-state index < -0.39 is 224 Å². The van der Waals surface area contributed by atoms with Crippen molar-refractivity contribution in [2.45, 2.75) is 249 Å². The molecule has 9 aliphatic rings. The maximum absolute atomic E-state index is 13.8. The van der Waals surface area contributed by atoms with Crippen LogP contribution in [-0.4, -0.2) is 257 Å². The van der Waals surface area contributed by atoms with E-state index in [1.54, 1.807) is 39.8 Å². The van der Waals surface area contributed by atoms with Gasteiger partial charge in [0.25, 0.3) is 0 Å². The molecule has 0 amide bonds. The molecule has 5 aliphatic carbocycles. The van der Waals surface area contributed by atoms with Crippen LogP contribution in [-0.2, 0) is 61.8 Å². The molecule has 0 aromatic carbocycles. The van der Waals surface area contributed by atoms with Gasteiger partial charge in [-0.3, -0.25) is 0 Å². The van der Waals surface area contributed by atoms with Crippen LogP contribution < -0.4 is 0 Å². The second kappa shape index (κ2) is 25.9. The minimum absolute atomic E-state index is 0.189. The molecule has 0 unspecified atom stereocenters. The molecule has 14 N–H and O–H groups in total. The van der Waals surface area contributed by atoms with Crippen LogP contribution in [0.2, 0.25) is 0 Å². The summed E-state index contributed by atoms with van der Waals surface area (Å²) in [5.74, 6) is -4.64. The Bertz CT molecular complexity index is 2610. The van der Waals surface area contributed by atoms with Crippen molar-refractivity contribution in [3.63, 3.8) is 0 Å². The van der Waals surface area contributed by atoms with Crippen molar-refractivity contribution in [3.8, 4) is 0 Å². The molecule has 4 saturated carbocycles. The van der Waals surface area contributed by atoms with E-state index in [9.17, 15) is 85.9 Å². The molecule has 0 aromatic rings. The van der Waals surface area contributed by atoms with E-state index >= 15 is 0 Å². The highest BCUT2D eigenvalue weighted by atomic mass is 16.8. The van der Waals surface area contributed by atoms with E-state index in [2.05, 4.69) is 19.9 Å². The van der Waals surface area contributed by atoms with Crippen LogP contribution >= 0.6 is 0 Å². The summed E-state index contributed by atoms with van der Waals surface area (Å²) in [6.07, 6.45) is -32.8. The highest BCUT2D eigenvalue weighted by molar-refractivity contribution is 5.88. The highest BCUT2D eigenvalue weighted by Crippen LogP contribution is 2.76. The first-order valence-electron chi connectivity index (χ1n) is 30.7. The molecule has 0 spiro atoms. The van der Waals surface area contributed by atoms with Gasteiger partial charge in [-0.1, -0.05) is 65.3 Å². The number of ether oxygens (including phenoxy) is 10. The average Bonchev–Trinajstić information content (AvgIpc) is 0.672. The smallest absolute Gasteiger partial charge is 0.335 e. The molecule has 27 nitrogen and oxygen atoms in total. The van der Waals surface area contributed by atoms with Crippen molar-refractivity contribution >= 4 is 17.9 Å². The monoisotopic (exact) mass is 1260 g/mol. The lowest BCUT2D eigenvalue weighted by molar-refractivity contribution is -0.399. The first kappa shape index (κ1) is 69.1. The Morgan fingerprint density at radius 2 is 1.22 bits per heavy atom. The number of allylic oxidation sites excluding steroid dienone is 3. The zero-order valence-corrected chi connectivity index (χ0v) is 51.5. The third-order valence-electron chi connectivity index (χ3n) is 22.7. The summed E-state index contributed by atoms with van der Waals surface area (Å²) in [5.41, 5.74) is -3.70. The van der Waals surface area contributed by atoms with E-state index in [1.165, 1.54) is 0 Å². The van der Waals surface area contributed by atoms with E-state index in [1.807, 2.05) is 27.7 Å². The molecule has 88 heavy (non-hydrogen) atoms. The van der Waals surface area contributed by atoms with Crippen molar-refractivity contribution in [3.05, 3.63) is 34.9 Å². The summed E-state index contributed by atoms with van der Waals surface area (Å²) >= 11 is 0. The third-order valence-corrected chi connectivity index (χ3v) is 22.7. The van der Waals surface area contributed by atoms with Crippen LogP contribution in [0, 0.1) is 50.7 Å². The van der Waals surface area contributed by atoms with Crippen molar-refractivity contribution < 1.29 is 133 Å². The first-order valence-corrected chi connectivity index (χ1v) is 30.7. The molecule has 27 heteroatoms. The van der Waals surface area contributed by atoms with Crippen LogP contribution in [0.3, 0.4) is 0 Å². The second-order valence-electron chi connectivity index (χ2n) is 27.5. The van der Waals surface area contributed by atoms with Gasteiger partial charge < -0.3 is 119 Å². The third kappa shape index (κ3) is 11.3. The number of hydrogen-bond acceptors (Lipinski definition) is 26. The number of fused-ring (bicyclic) bond motifs is 7. The molecule has 4 saturated heterocycles. The molecule has 500 valence electrons. The minimum atomic E-state index is -2.24. The number of carboxylic acid groups (broad SMARTS) is 1. The van der Waals surface area contributed by atoms with Crippen molar-refractivity contribution in [2.24, 2.45) is 50.7 Å². The first-order chi connectivity index (χ1) is 41.3. The maximum atomic E-state index is 13.8. The minimum Gasteiger partial charge on any atom is -0.479 e. The fraction of sp³-hybridized carbons (Fsp3) is 0.852. The van der Waals surface area contributed by atoms with E-state index in [0.29, 0.717) is 37.7 Å². The zero-order chi connectivity index (χ0) is 64.8. The van der Waals surface area contributed by atoms with Gasteiger partial charge >= 0.3 is 17.9 Å². The fourth-order valence-electron chi connectivity index (χ4n) is 17.1. The van der Waals surface area contributed by atoms with Gasteiger partial charge in [-0.25, -0.2) is 14.4 Å². The average molecular weight is 1260 g/mol. The summed E-state index contributed by atoms with van der Waals surface area (Å²) < 4.78 is 61.0. The Labute approximate surface area is 510 Å². The quantitative estimate of drug-likeness (QED) is 0.0377. The molecule has 0 aromatic heterocycles. The van der Waals surface area contributed by atoms with Crippen molar-refractivity contribution in [1.29, 1.82) is 0 Å². The number of aliphatic carboxylic acids is 1. The van der Waals surface area contributed by atoms with E-state index in [-0.39, 0.29) is 23.8 Å². The standard InChI is InChI=1S/C61H94O27/c1-11-24(3)51(77)83-42-26(5)19-28-27-13-14-33-58(8)17-16-34(57(6,7)32(58)15-18-59(33,9)60(27,10)47(73)48(74)61(28,23-63)49(42)88-52(78)25(4)12-2)82-56-46(87-54-40(71)38(69)37(68)31(20-62)81-54)43(41(72)44(85-56)50(75)76)84-55-45(36(67)30(65)22-80-55)86-53-39(70)35(66)29(64)21-79-53/h11-13,26,28-49,53-56,62-74H,14-23H2,1-10H3,(H,75,76)/b24-11-,25-12-/t26-,28+,29-,30+,31-,32+,33-,34+,35+,36+,37+,38+,39-,40-,41+,42-,43+,44+,45-,46-,47+,48-,49+,53+,54+,55+,56-,58+,59-,60+,61+/m1/s1. The summed E-state index contributed by atoms with van der Waals surface area (Å²) in [6.45, 7) is 15.8. The fourth-order valence-corrected chi connectivity index (χ4v) is 17.1. The summed E-state index contributed by atoms with van der Waals surface area (Å²) in [6, 6.07) is 0. The number of carbonyl (C=O) groups excluding carboxylic acids is 2. The van der Waals surface area contributed by atoms with Crippen LogP contribution in [0.1, 0.15) is 108 Å². The van der Waals surface area contributed by atoms with Crippen LogP contribution in [0.5, 0.6) is 0 Å². The van der Waals surface area contributed by atoms with Gasteiger partial charge in [-0.2, -0.15) is 0 Å². The molecule has 0 radical (unpaired) electrons. The molecule has 9 rings (SSSR count). The number of carbonyl (C=O) groups is 3. The largest absolute Gasteiger partial charge is 0.479 e. The van der Waals surface area contributed by atoms with E-state index in [0.717, 1.165) is 5.57 Å². The normalized spacial score (nSPS) is 50.5. The van der Waals surface area contributed by atoms with Crippen molar-refractivity contribution in [1.82, 2.24) is 0 Å². The van der Waals surface area contributed by atoms with Gasteiger partial charge in [-0.05, 0) is 106 Å². The Kier molecular flexibility index (Phi) is 20.4. The lowest BCUT2D eigenvalue weighted by Gasteiger charge is -2.73. The van der Waals surface area contributed by atoms with Gasteiger partial charge in [-0.15, -0.1) is 0 Å². The number of aliphatic hydroxyl groups is 13. The molecule has 4 aliphatic heterocycles. The molecule has 0 bridgehead atoms. The SMILES string of the molecule is C/C=C(/C)C(=O)O[C@@H]1[C@H](C)C[C@H]2C3=CC[C@@H]4[C@@]5(C)CC[C@H](O[C@@H]6O[C@H](C(=O)O)[C@@H](O)[C@H](O[C@@H]7OC[C@H](O)[C@H](O)[C@H]7O[C@@H]7OC[C@@H](O)[C@H](O)[C@H]7O)[C@H]6O[C@@H]6O[C@H](CO)[C@H](O)[C@H](O)[C@H]6O)C(C)(C)[C@@H]5CC[C@@]4(C)[C@]3(C)[C@@H](O)[C@@H](O)[C@@]2(CO)[C@H]1OC(=O)/C(C)=C\C. The van der Waals surface area contributed by atoms with Gasteiger partial charge in [0, 0.05) is 16.6 Å². The maximum Gasteiger partial charge on any atom is 0.335 e. The number of carboxylic acids is 1. The molecule has 31 atom stereocenters. The van der Waals surface area contributed by atoms with Crippen LogP contribution in [0.4, 0.5) is 0 Å². The molecular weight excluding hydrogens is 1160 g/mol. The number of rotatable bonds is 15. The topological polar surface area (TPSA) is 427 Å². The summed E-state index contributed by atoms with van der Waals surface area (Å²) in [7, 11) is 0. The number of hydrogen-bond donors (Lipinski definition) is 14. The van der Waals surface area contributed by atoms with Gasteiger partial charge in [0.15, 0.2) is 37.4 Å². The predicted octanol–water partition coefficient (Wildman–Crippen LogP) is -1.66. The zero-order valence-electron chi connectivity index (χ0n) is 51.5. The van der Waals surface area contributed by atoms with Crippen molar-refractivity contribution in [2.75, 3.05) is 26.4 Å². The molecular formula is C61H94O27. The number of aliphatic hydroxyl groups excluding tert-OH is 13. The van der Waals surface area contributed by atoms with Gasteiger partial charge in [0.1, 0.15) is 85.5 Å². The summed E-state index contributed by atoms with van der Waals surface area (Å²) in [4.78, 5) is 40.5.